The summed E-state index contributed by atoms with van der Waals surface area (Å²) in [5.41, 5.74) is -0.698. The van der Waals surface area contributed by atoms with Crippen molar-refractivity contribution in [3.63, 3.8) is 0 Å². The third-order valence-corrected chi connectivity index (χ3v) is 3.98. The van der Waals surface area contributed by atoms with Crippen molar-refractivity contribution in [1.29, 1.82) is 0 Å². The molecule has 0 heterocycles. The van der Waals surface area contributed by atoms with Gasteiger partial charge in [0.1, 0.15) is 11.3 Å². The number of amides is 1. The Kier molecular flexibility index (Phi) is 6.03. The molecule has 2 N–H and O–H groups in total. The first-order valence-corrected chi connectivity index (χ1v) is 7.13. The van der Waals surface area contributed by atoms with Crippen molar-refractivity contribution < 1.29 is 19.4 Å². The number of nitrogens with one attached hydrogen (secondary N) is 1. The summed E-state index contributed by atoms with van der Waals surface area (Å²) in [5.74, 6) is -0.925. The van der Waals surface area contributed by atoms with E-state index in [2.05, 4.69) is 5.32 Å². The Labute approximate surface area is 129 Å². The number of halogens is 1. The van der Waals surface area contributed by atoms with Gasteiger partial charge >= 0.3 is 5.97 Å². The molecule has 0 fully saturated rings. The number of carbonyl (C=O) groups excluding carboxylic acids is 1. The molecule has 0 aliphatic carbocycles. The van der Waals surface area contributed by atoms with E-state index in [1.807, 2.05) is 0 Å². The molecule has 0 aliphatic rings. The second-order valence-corrected chi connectivity index (χ2v) is 5.15. The van der Waals surface area contributed by atoms with Gasteiger partial charge in [-0.05, 0) is 25.0 Å². The van der Waals surface area contributed by atoms with Gasteiger partial charge in [0.05, 0.1) is 13.5 Å². The highest BCUT2D eigenvalue weighted by atomic mass is 35.5. The van der Waals surface area contributed by atoms with E-state index in [0.717, 1.165) is 0 Å². The molecule has 1 rings (SSSR count). The third kappa shape index (κ3) is 3.88. The first-order valence-electron chi connectivity index (χ1n) is 6.76. The van der Waals surface area contributed by atoms with Crippen LogP contribution < -0.4 is 10.1 Å². The fourth-order valence-corrected chi connectivity index (χ4v) is 2.39. The molecule has 6 heteroatoms. The summed E-state index contributed by atoms with van der Waals surface area (Å²) in [6.07, 6.45) is 0.590. The molecule has 1 amide bonds. The minimum Gasteiger partial charge on any atom is -0.496 e. The van der Waals surface area contributed by atoms with Crippen LogP contribution in [0.25, 0.3) is 0 Å². The Morgan fingerprint density at radius 3 is 2.43 bits per heavy atom. The quantitative estimate of drug-likeness (QED) is 0.811. The highest BCUT2D eigenvalue weighted by Crippen LogP contribution is 2.27. The molecule has 0 aliphatic heterocycles. The Balaban J connectivity index is 2.94. The lowest BCUT2D eigenvalue weighted by molar-refractivity contribution is -0.148. The van der Waals surface area contributed by atoms with E-state index in [-0.39, 0.29) is 6.42 Å². The van der Waals surface area contributed by atoms with E-state index in [1.165, 1.54) is 7.11 Å². The van der Waals surface area contributed by atoms with Crippen molar-refractivity contribution in [3.8, 4) is 5.75 Å². The van der Waals surface area contributed by atoms with Crippen molar-refractivity contribution >= 4 is 23.5 Å². The second-order valence-electron chi connectivity index (χ2n) is 4.74. The molecule has 0 bridgehead atoms. The largest absolute Gasteiger partial charge is 0.496 e. The number of methoxy groups -OCH3 is 1. The van der Waals surface area contributed by atoms with Crippen LogP contribution in [0.15, 0.2) is 18.2 Å². The van der Waals surface area contributed by atoms with Gasteiger partial charge in [-0.25, -0.2) is 4.79 Å². The lowest BCUT2D eigenvalue weighted by Gasteiger charge is -2.28. The Bertz CT molecular complexity index is 526. The maximum Gasteiger partial charge on any atom is 0.329 e. The zero-order chi connectivity index (χ0) is 16.0. The molecule has 0 atom stereocenters. The number of rotatable bonds is 7. The summed E-state index contributed by atoms with van der Waals surface area (Å²) >= 11 is 6.08. The smallest absolute Gasteiger partial charge is 0.329 e. The monoisotopic (exact) mass is 313 g/mol. The Hall–Kier alpha value is -1.75. The average molecular weight is 314 g/mol. The molecule has 116 valence electrons. The van der Waals surface area contributed by atoms with E-state index in [0.29, 0.717) is 29.2 Å². The number of carbonyl (C=O) groups is 2. The van der Waals surface area contributed by atoms with E-state index >= 15 is 0 Å². The van der Waals surface area contributed by atoms with Gasteiger partial charge in [-0.1, -0.05) is 31.5 Å². The first kappa shape index (κ1) is 17.3. The van der Waals surface area contributed by atoms with Gasteiger partial charge in [0.2, 0.25) is 5.91 Å². The van der Waals surface area contributed by atoms with Crippen molar-refractivity contribution in [3.05, 3.63) is 28.8 Å². The minimum atomic E-state index is -1.24. The highest BCUT2D eigenvalue weighted by Gasteiger charge is 2.36. The van der Waals surface area contributed by atoms with Crippen LogP contribution in [0.1, 0.15) is 32.3 Å². The Morgan fingerprint density at radius 2 is 1.95 bits per heavy atom. The van der Waals surface area contributed by atoms with Crippen LogP contribution in [-0.4, -0.2) is 29.6 Å². The molecule has 0 aromatic heterocycles. The normalized spacial score (nSPS) is 11.0. The van der Waals surface area contributed by atoms with Gasteiger partial charge in [-0.3, -0.25) is 4.79 Å². The highest BCUT2D eigenvalue weighted by molar-refractivity contribution is 6.31. The summed E-state index contributed by atoms with van der Waals surface area (Å²) in [6, 6.07) is 5.09. The zero-order valence-electron chi connectivity index (χ0n) is 12.4. The molecule has 0 saturated heterocycles. The standard InChI is InChI=1S/C15H20ClNO4/c1-4-15(5-2,14(19)20)17-13(18)9-10-11(16)7-6-8-12(10)21-3/h6-8H,4-5,9H2,1-3H3,(H,17,18)(H,19,20). The van der Waals surface area contributed by atoms with Gasteiger partial charge in [0, 0.05) is 10.6 Å². The lowest BCUT2D eigenvalue weighted by atomic mass is 9.92. The summed E-state index contributed by atoms with van der Waals surface area (Å²) < 4.78 is 5.18. The molecular formula is C15H20ClNO4. The van der Waals surface area contributed by atoms with Gasteiger partial charge in [0.25, 0.3) is 0 Å². The molecule has 0 spiro atoms. The second kappa shape index (κ2) is 7.31. The predicted octanol–water partition coefficient (Wildman–Crippen LogP) is 2.65. The molecular weight excluding hydrogens is 294 g/mol. The number of aliphatic carboxylic acids is 1. The zero-order valence-corrected chi connectivity index (χ0v) is 13.2. The minimum absolute atomic E-state index is 0.0299. The fraction of sp³-hybridized carbons (Fsp3) is 0.467. The molecule has 21 heavy (non-hydrogen) atoms. The maximum atomic E-state index is 12.2. The molecule has 0 radical (unpaired) electrons. The van der Waals surface area contributed by atoms with Crippen LogP contribution in [0.4, 0.5) is 0 Å². The van der Waals surface area contributed by atoms with Crippen LogP contribution in [0.3, 0.4) is 0 Å². The van der Waals surface area contributed by atoms with Gasteiger partial charge < -0.3 is 15.2 Å². The molecule has 0 unspecified atom stereocenters. The molecule has 1 aromatic rings. The maximum absolute atomic E-state index is 12.2. The van der Waals surface area contributed by atoms with Crippen LogP contribution in [0, 0.1) is 0 Å². The molecule has 0 saturated carbocycles. The molecule has 5 nitrogen and oxygen atoms in total. The Morgan fingerprint density at radius 1 is 1.33 bits per heavy atom. The number of ether oxygens (including phenoxy) is 1. The van der Waals surface area contributed by atoms with Gasteiger partial charge in [-0.2, -0.15) is 0 Å². The van der Waals surface area contributed by atoms with Crippen LogP contribution in [0.5, 0.6) is 5.75 Å². The van der Waals surface area contributed by atoms with Crippen molar-refractivity contribution in [2.45, 2.75) is 38.6 Å². The number of benzene rings is 1. The van der Waals surface area contributed by atoms with Crippen molar-refractivity contribution in [1.82, 2.24) is 5.32 Å². The van der Waals surface area contributed by atoms with E-state index in [1.54, 1.807) is 32.0 Å². The summed E-state index contributed by atoms with van der Waals surface area (Å²) in [5, 5.41) is 12.3. The van der Waals surface area contributed by atoms with Gasteiger partial charge in [0.15, 0.2) is 0 Å². The predicted molar refractivity (Wildman–Crippen MR) is 80.8 cm³/mol. The van der Waals surface area contributed by atoms with E-state index in [9.17, 15) is 14.7 Å². The van der Waals surface area contributed by atoms with Crippen LogP contribution >= 0.6 is 11.6 Å². The summed E-state index contributed by atoms with van der Waals surface area (Å²) in [7, 11) is 1.49. The van der Waals surface area contributed by atoms with Gasteiger partial charge in [-0.15, -0.1) is 0 Å². The van der Waals surface area contributed by atoms with Crippen LogP contribution in [0.2, 0.25) is 5.02 Å². The van der Waals surface area contributed by atoms with E-state index in [4.69, 9.17) is 16.3 Å². The summed E-state index contributed by atoms with van der Waals surface area (Å²) in [4.78, 5) is 23.6. The van der Waals surface area contributed by atoms with Crippen LogP contribution in [-0.2, 0) is 16.0 Å². The molecule has 1 aromatic carbocycles. The summed E-state index contributed by atoms with van der Waals surface area (Å²) in [6.45, 7) is 3.46. The number of carboxylic acids is 1. The fourth-order valence-electron chi connectivity index (χ4n) is 2.16. The first-order chi connectivity index (χ1) is 9.90. The van der Waals surface area contributed by atoms with Crippen molar-refractivity contribution in [2.24, 2.45) is 0 Å². The van der Waals surface area contributed by atoms with E-state index < -0.39 is 17.4 Å². The van der Waals surface area contributed by atoms with Crippen molar-refractivity contribution in [2.75, 3.05) is 7.11 Å². The SMILES string of the molecule is CCC(CC)(NC(=O)Cc1c(Cl)cccc1OC)C(=O)O. The number of hydrogen-bond acceptors (Lipinski definition) is 3. The average Bonchev–Trinajstić information content (AvgIpc) is 2.46. The topological polar surface area (TPSA) is 75.6 Å². The third-order valence-electron chi connectivity index (χ3n) is 3.63. The number of hydrogen-bond donors (Lipinski definition) is 2. The lowest BCUT2D eigenvalue weighted by Crippen LogP contribution is -2.54. The number of carboxylic acid groups (broad SMARTS) is 1.